The monoisotopic (exact) mass is 439 g/mol. The van der Waals surface area contributed by atoms with Gasteiger partial charge in [-0.05, 0) is 66.8 Å². The van der Waals surface area contributed by atoms with Crippen LogP contribution in [0.3, 0.4) is 0 Å². The first kappa shape index (κ1) is 21.0. The molecule has 1 atom stereocenters. The van der Waals surface area contributed by atoms with Gasteiger partial charge in [0.2, 0.25) is 5.76 Å². The molecule has 1 aliphatic heterocycles. The number of methoxy groups -OCH3 is 1. The third-order valence-corrected chi connectivity index (χ3v) is 6.50. The summed E-state index contributed by atoms with van der Waals surface area (Å²) in [6.45, 7) is 4.41. The maximum absolute atomic E-state index is 13.7. The minimum atomic E-state index is -0.478. The number of rotatable bonds is 5. The van der Waals surface area contributed by atoms with Gasteiger partial charge in [0.1, 0.15) is 11.3 Å². The van der Waals surface area contributed by atoms with Crippen LogP contribution in [-0.4, -0.2) is 24.5 Å². The van der Waals surface area contributed by atoms with Crippen molar-refractivity contribution in [1.29, 1.82) is 0 Å². The molecule has 0 radical (unpaired) electrons. The van der Waals surface area contributed by atoms with Crippen molar-refractivity contribution in [3.63, 3.8) is 0 Å². The number of hydrogen-bond acceptors (Lipinski definition) is 4. The molecule has 166 valence electrons. The first-order chi connectivity index (χ1) is 16.0. The molecule has 5 nitrogen and oxygen atoms in total. The van der Waals surface area contributed by atoms with Crippen LogP contribution in [0, 0.1) is 13.8 Å². The third-order valence-electron chi connectivity index (χ3n) is 6.50. The Kier molecular flexibility index (Phi) is 5.25. The fraction of sp³-hybridized carbons (Fsp3) is 0.214. The van der Waals surface area contributed by atoms with Crippen molar-refractivity contribution < 1.29 is 13.9 Å². The molecule has 33 heavy (non-hydrogen) atoms. The van der Waals surface area contributed by atoms with Gasteiger partial charge in [-0.25, -0.2) is 0 Å². The van der Waals surface area contributed by atoms with Crippen LogP contribution in [0.25, 0.3) is 11.0 Å². The molecule has 0 bridgehead atoms. The van der Waals surface area contributed by atoms with Gasteiger partial charge in [0.15, 0.2) is 5.43 Å². The molecule has 0 saturated heterocycles. The Morgan fingerprint density at radius 2 is 1.64 bits per heavy atom. The fourth-order valence-corrected chi connectivity index (χ4v) is 4.53. The summed E-state index contributed by atoms with van der Waals surface area (Å²) >= 11 is 0. The van der Waals surface area contributed by atoms with Gasteiger partial charge in [0, 0.05) is 6.54 Å². The van der Waals surface area contributed by atoms with Crippen LogP contribution in [-0.2, 0) is 6.42 Å². The van der Waals surface area contributed by atoms with E-state index < -0.39 is 6.04 Å². The zero-order valence-corrected chi connectivity index (χ0v) is 18.9. The maximum Gasteiger partial charge on any atom is 0.290 e. The highest BCUT2D eigenvalue weighted by atomic mass is 16.5. The lowest BCUT2D eigenvalue weighted by Crippen LogP contribution is -2.31. The lowest BCUT2D eigenvalue weighted by Gasteiger charge is -2.25. The molecular formula is C28H25NO4. The fourth-order valence-electron chi connectivity index (χ4n) is 4.53. The molecule has 1 amide bonds. The first-order valence-electron chi connectivity index (χ1n) is 11.0. The lowest BCUT2D eigenvalue weighted by atomic mass is 9.97. The van der Waals surface area contributed by atoms with Crippen molar-refractivity contribution in [3.8, 4) is 5.75 Å². The lowest BCUT2D eigenvalue weighted by molar-refractivity contribution is 0.0730. The number of nitrogens with zero attached hydrogens (tertiary/aromatic N) is 1. The summed E-state index contributed by atoms with van der Waals surface area (Å²) in [5.41, 5.74) is 4.77. The summed E-state index contributed by atoms with van der Waals surface area (Å²) in [5.74, 6) is 0.696. The molecule has 0 unspecified atom stereocenters. The average molecular weight is 440 g/mol. The highest BCUT2D eigenvalue weighted by molar-refractivity contribution is 5.99. The Hall–Kier alpha value is -3.86. The minimum Gasteiger partial charge on any atom is -0.497 e. The molecule has 0 aliphatic carbocycles. The van der Waals surface area contributed by atoms with Crippen LogP contribution >= 0.6 is 0 Å². The van der Waals surface area contributed by atoms with Crippen molar-refractivity contribution >= 4 is 16.9 Å². The van der Waals surface area contributed by atoms with Gasteiger partial charge in [-0.2, -0.15) is 0 Å². The Morgan fingerprint density at radius 1 is 0.939 bits per heavy atom. The topological polar surface area (TPSA) is 59.8 Å². The zero-order valence-electron chi connectivity index (χ0n) is 18.9. The summed E-state index contributed by atoms with van der Waals surface area (Å²) in [6, 6.07) is 20.7. The Morgan fingerprint density at radius 3 is 2.33 bits per heavy atom. The first-order valence-corrected chi connectivity index (χ1v) is 11.0. The Labute approximate surface area is 192 Å². The van der Waals surface area contributed by atoms with Gasteiger partial charge in [-0.1, -0.05) is 42.5 Å². The minimum absolute atomic E-state index is 0.136. The van der Waals surface area contributed by atoms with Gasteiger partial charge < -0.3 is 14.1 Å². The molecule has 4 aromatic rings. The number of benzene rings is 3. The van der Waals surface area contributed by atoms with Gasteiger partial charge >= 0.3 is 0 Å². The van der Waals surface area contributed by atoms with Crippen molar-refractivity contribution in [3.05, 3.63) is 111 Å². The number of amides is 1. The van der Waals surface area contributed by atoms with E-state index in [0.29, 0.717) is 29.5 Å². The van der Waals surface area contributed by atoms with E-state index in [1.165, 1.54) is 0 Å². The predicted octanol–water partition coefficient (Wildman–Crippen LogP) is 5.21. The van der Waals surface area contributed by atoms with E-state index in [1.54, 1.807) is 12.0 Å². The molecule has 0 fully saturated rings. The molecule has 2 heterocycles. The highest BCUT2D eigenvalue weighted by Crippen LogP contribution is 2.38. The van der Waals surface area contributed by atoms with Gasteiger partial charge in [-0.15, -0.1) is 0 Å². The number of hydrogen-bond donors (Lipinski definition) is 0. The van der Waals surface area contributed by atoms with Gasteiger partial charge in [0.05, 0.1) is 24.1 Å². The zero-order chi connectivity index (χ0) is 23.1. The standard InChI is InChI=1S/C28H25NO4/c1-17-15-22-23(16-18(17)2)33-27-24(26(22)30)25(20-7-5-4-6-8-20)29(28(27)31)14-13-19-9-11-21(32-3)12-10-19/h4-12,15-16,25H,13-14H2,1-3H3/t25-/m0/s1. The summed E-state index contributed by atoms with van der Waals surface area (Å²) < 4.78 is 11.3. The van der Waals surface area contributed by atoms with E-state index in [4.69, 9.17) is 9.15 Å². The number of ether oxygens (including phenoxy) is 1. The average Bonchev–Trinajstić information content (AvgIpc) is 3.12. The second kappa shape index (κ2) is 8.24. The number of carbonyl (C=O) groups excluding carboxylic acids is 1. The van der Waals surface area contributed by atoms with E-state index in [-0.39, 0.29) is 17.1 Å². The summed E-state index contributed by atoms with van der Waals surface area (Å²) in [4.78, 5) is 28.9. The quantitative estimate of drug-likeness (QED) is 0.429. The number of carbonyl (C=O) groups is 1. The molecule has 5 heteroatoms. The summed E-state index contributed by atoms with van der Waals surface area (Å²) in [6.07, 6.45) is 0.652. The second-order valence-corrected chi connectivity index (χ2v) is 8.52. The van der Waals surface area contributed by atoms with E-state index in [0.717, 1.165) is 28.0 Å². The molecule has 1 aromatic heterocycles. The largest absolute Gasteiger partial charge is 0.497 e. The molecule has 0 spiro atoms. The summed E-state index contributed by atoms with van der Waals surface area (Å²) in [7, 11) is 1.64. The molecule has 1 aliphatic rings. The highest BCUT2D eigenvalue weighted by Gasteiger charge is 2.42. The molecule has 0 N–H and O–H groups in total. The van der Waals surface area contributed by atoms with Crippen LogP contribution in [0.15, 0.2) is 75.9 Å². The van der Waals surface area contributed by atoms with Crippen molar-refractivity contribution in [2.45, 2.75) is 26.3 Å². The van der Waals surface area contributed by atoms with Crippen molar-refractivity contribution in [2.24, 2.45) is 0 Å². The molecule has 5 rings (SSSR count). The normalized spacial score (nSPS) is 15.2. The Bertz CT molecular complexity index is 1400. The Balaban J connectivity index is 1.60. The molecular weight excluding hydrogens is 414 g/mol. The SMILES string of the molecule is COc1ccc(CCN2C(=O)c3oc4cc(C)c(C)cc4c(=O)c3[C@@H]2c2ccccc2)cc1. The van der Waals surface area contributed by atoms with E-state index >= 15 is 0 Å². The molecule has 0 saturated carbocycles. The van der Waals surface area contributed by atoms with Crippen molar-refractivity contribution in [2.75, 3.05) is 13.7 Å². The van der Waals surface area contributed by atoms with Crippen LogP contribution in [0.5, 0.6) is 5.75 Å². The smallest absolute Gasteiger partial charge is 0.290 e. The van der Waals surface area contributed by atoms with Gasteiger partial charge in [-0.3, -0.25) is 9.59 Å². The molecule has 3 aromatic carbocycles. The summed E-state index contributed by atoms with van der Waals surface area (Å²) in [5, 5.41) is 0.516. The van der Waals surface area contributed by atoms with Gasteiger partial charge in [0.25, 0.3) is 5.91 Å². The van der Waals surface area contributed by atoms with E-state index in [2.05, 4.69) is 0 Å². The van der Waals surface area contributed by atoms with Crippen LogP contribution in [0.4, 0.5) is 0 Å². The number of aryl methyl sites for hydroxylation is 2. The number of fused-ring (bicyclic) bond motifs is 2. The van der Waals surface area contributed by atoms with Crippen LogP contribution in [0.1, 0.15) is 44.4 Å². The predicted molar refractivity (Wildman–Crippen MR) is 128 cm³/mol. The van der Waals surface area contributed by atoms with E-state index in [9.17, 15) is 9.59 Å². The van der Waals surface area contributed by atoms with E-state index in [1.807, 2.05) is 80.6 Å². The van der Waals surface area contributed by atoms with Crippen LogP contribution < -0.4 is 10.2 Å². The van der Waals surface area contributed by atoms with Crippen molar-refractivity contribution in [1.82, 2.24) is 4.90 Å². The third kappa shape index (κ3) is 3.59. The maximum atomic E-state index is 13.7. The second-order valence-electron chi connectivity index (χ2n) is 8.52. The van der Waals surface area contributed by atoms with Crippen LogP contribution in [0.2, 0.25) is 0 Å².